The Morgan fingerprint density at radius 1 is 1.22 bits per heavy atom. The van der Waals surface area contributed by atoms with Crippen molar-refractivity contribution in [2.45, 2.75) is 33.1 Å². The Kier molecular flexibility index (Phi) is 4.94. The summed E-state index contributed by atoms with van der Waals surface area (Å²) < 4.78 is 2.07. The molecular formula is C22H24N4S. The van der Waals surface area contributed by atoms with Crippen molar-refractivity contribution in [1.82, 2.24) is 19.9 Å². The minimum Gasteiger partial charge on any atom is -0.362 e. The van der Waals surface area contributed by atoms with Crippen molar-refractivity contribution in [1.29, 1.82) is 0 Å². The lowest BCUT2D eigenvalue weighted by atomic mass is 10.0. The van der Waals surface area contributed by atoms with E-state index in [1.807, 2.05) is 6.20 Å². The van der Waals surface area contributed by atoms with E-state index in [-0.39, 0.29) is 0 Å². The predicted molar refractivity (Wildman–Crippen MR) is 116 cm³/mol. The van der Waals surface area contributed by atoms with Crippen molar-refractivity contribution in [3.8, 4) is 0 Å². The molecule has 4 nitrogen and oxygen atoms in total. The minimum absolute atomic E-state index is 0.766. The van der Waals surface area contributed by atoms with Gasteiger partial charge >= 0.3 is 0 Å². The number of rotatable bonds is 5. The summed E-state index contributed by atoms with van der Waals surface area (Å²) in [6.45, 7) is 5.18. The predicted octanol–water partition coefficient (Wildman–Crippen LogP) is 4.94. The molecule has 0 bridgehead atoms. The Hall–Kier alpha value is -2.66. The number of fused-ring (bicyclic) bond motifs is 2. The van der Waals surface area contributed by atoms with Gasteiger partial charge in [0.05, 0.1) is 5.52 Å². The van der Waals surface area contributed by atoms with Crippen LogP contribution in [0.1, 0.15) is 36.5 Å². The van der Waals surface area contributed by atoms with Gasteiger partial charge in [-0.15, -0.1) is 0 Å². The second kappa shape index (κ2) is 7.53. The summed E-state index contributed by atoms with van der Waals surface area (Å²) in [6, 6.07) is 10.8. The van der Waals surface area contributed by atoms with Gasteiger partial charge in [-0.1, -0.05) is 25.5 Å². The molecule has 0 saturated carbocycles. The molecule has 3 aromatic heterocycles. The van der Waals surface area contributed by atoms with Crippen LogP contribution in [-0.2, 0) is 6.42 Å². The first-order chi connectivity index (χ1) is 13.2. The Bertz CT molecular complexity index is 1110. The van der Waals surface area contributed by atoms with Crippen LogP contribution in [0.4, 0.5) is 0 Å². The van der Waals surface area contributed by atoms with Crippen LogP contribution in [0, 0.1) is 6.92 Å². The molecule has 0 saturated heterocycles. The Labute approximate surface area is 164 Å². The zero-order chi connectivity index (χ0) is 18.8. The van der Waals surface area contributed by atoms with Crippen molar-refractivity contribution < 1.29 is 0 Å². The fraction of sp³-hybridized carbons (Fsp3) is 0.273. The van der Waals surface area contributed by atoms with E-state index in [1.165, 1.54) is 27.5 Å². The largest absolute Gasteiger partial charge is 0.362 e. The van der Waals surface area contributed by atoms with E-state index in [0.717, 1.165) is 42.1 Å². The molecule has 4 rings (SSSR count). The minimum atomic E-state index is 0.766. The number of hydrogen-bond donors (Lipinski definition) is 2. The lowest BCUT2D eigenvalue weighted by Gasteiger charge is -2.10. The molecule has 0 aliphatic heterocycles. The van der Waals surface area contributed by atoms with E-state index in [9.17, 15) is 0 Å². The van der Waals surface area contributed by atoms with Crippen LogP contribution in [-0.4, -0.2) is 26.2 Å². The van der Waals surface area contributed by atoms with Crippen LogP contribution >= 0.6 is 12.2 Å². The number of thiocarbonyl (C=S) groups is 1. The van der Waals surface area contributed by atoms with Crippen molar-refractivity contribution >= 4 is 39.3 Å². The normalized spacial score (nSPS) is 11.3. The number of aromatic amines is 1. The summed E-state index contributed by atoms with van der Waals surface area (Å²) in [5.41, 5.74) is 5.84. The third-order valence-corrected chi connectivity index (χ3v) is 5.32. The van der Waals surface area contributed by atoms with E-state index >= 15 is 0 Å². The highest BCUT2D eigenvalue weighted by molar-refractivity contribution is 7.80. The van der Waals surface area contributed by atoms with E-state index in [1.54, 1.807) is 0 Å². The van der Waals surface area contributed by atoms with E-state index in [4.69, 9.17) is 12.2 Å². The van der Waals surface area contributed by atoms with Crippen molar-refractivity contribution in [3.63, 3.8) is 0 Å². The number of unbranched alkanes of at least 4 members (excludes halogenated alkanes) is 1. The van der Waals surface area contributed by atoms with Gasteiger partial charge in [-0.2, -0.15) is 0 Å². The lowest BCUT2D eigenvalue weighted by molar-refractivity contribution is 0.750. The van der Waals surface area contributed by atoms with Gasteiger partial charge in [0.25, 0.3) is 0 Å². The van der Waals surface area contributed by atoms with Crippen LogP contribution < -0.4 is 5.32 Å². The fourth-order valence-electron chi connectivity index (χ4n) is 3.53. The number of nitrogens with one attached hydrogen (secondary N) is 2. The van der Waals surface area contributed by atoms with Crippen LogP contribution in [0.15, 0.2) is 48.9 Å². The SMILES string of the molecule is CCCCNC(=S)n1ccc2c(Cc3c[nH]c4ncc(C)cc34)cccc21. The molecule has 0 spiro atoms. The molecule has 0 fully saturated rings. The number of H-pyrrole nitrogens is 1. The highest BCUT2D eigenvalue weighted by Crippen LogP contribution is 2.26. The van der Waals surface area contributed by atoms with Crippen molar-refractivity contribution in [2.24, 2.45) is 0 Å². The lowest BCUT2D eigenvalue weighted by Crippen LogP contribution is -2.28. The number of hydrogen-bond acceptors (Lipinski definition) is 2. The van der Waals surface area contributed by atoms with Gasteiger partial charge < -0.3 is 10.3 Å². The first-order valence-corrected chi connectivity index (χ1v) is 9.88. The van der Waals surface area contributed by atoms with Crippen molar-refractivity contribution in [2.75, 3.05) is 6.54 Å². The Balaban J connectivity index is 1.66. The smallest absolute Gasteiger partial charge is 0.177 e. The second-order valence-corrected chi connectivity index (χ2v) is 7.41. The molecular weight excluding hydrogens is 352 g/mol. The molecule has 2 N–H and O–H groups in total. The molecule has 0 aliphatic carbocycles. The first-order valence-electron chi connectivity index (χ1n) is 9.47. The first kappa shape index (κ1) is 17.7. The van der Waals surface area contributed by atoms with Gasteiger partial charge in [0.2, 0.25) is 0 Å². The van der Waals surface area contributed by atoms with E-state index < -0.39 is 0 Å². The standard InChI is InChI=1S/C22H24N4S/c1-3-4-9-23-22(27)26-10-8-18-16(6-5-7-20(18)26)12-17-14-25-21-19(17)11-15(2)13-24-21/h5-8,10-11,13-14H,3-4,9,12H2,1-2H3,(H,23,27)(H,24,25). The van der Waals surface area contributed by atoms with Gasteiger partial charge in [-0.3, -0.25) is 4.57 Å². The van der Waals surface area contributed by atoms with Crippen LogP contribution in [0.2, 0.25) is 0 Å². The summed E-state index contributed by atoms with van der Waals surface area (Å²) in [7, 11) is 0. The quantitative estimate of drug-likeness (QED) is 0.383. The average Bonchev–Trinajstić information content (AvgIpc) is 3.27. The van der Waals surface area contributed by atoms with E-state index in [0.29, 0.717) is 0 Å². The number of nitrogens with zero attached hydrogens (tertiary/aromatic N) is 2. The molecule has 1 aromatic carbocycles. The maximum absolute atomic E-state index is 5.59. The van der Waals surface area contributed by atoms with Crippen LogP contribution in [0.5, 0.6) is 0 Å². The number of benzene rings is 1. The third-order valence-electron chi connectivity index (χ3n) is 4.98. The summed E-state index contributed by atoms with van der Waals surface area (Å²) >= 11 is 5.59. The monoisotopic (exact) mass is 376 g/mol. The zero-order valence-electron chi connectivity index (χ0n) is 15.7. The highest BCUT2D eigenvalue weighted by Gasteiger charge is 2.11. The van der Waals surface area contributed by atoms with Gasteiger partial charge in [-0.25, -0.2) is 4.98 Å². The topological polar surface area (TPSA) is 45.6 Å². The molecule has 27 heavy (non-hydrogen) atoms. The molecule has 0 aliphatic rings. The molecule has 5 heteroatoms. The highest BCUT2D eigenvalue weighted by atomic mass is 32.1. The van der Waals surface area contributed by atoms with Gasteiger partial charge in [0.1, 0.15) is 5.65 Å². The summed E-state index contributed by atoms with van der Waals surface area (Å²) in [5.74, 6) is 0. The molecule has 138 valence electrons. The Morgan fingerprint density at radius 2 is 2.11 bits per heavy atom. The average molecular weight is 377 g/mol. The van der Waals surface area contributed by atoms with Gasteiger partial charge in [0, 0.05) is 42.3 Å². The maximum Gasteiger partial charge on any atom is 0.177 e. The van der Waals surface area contributed by atoms with Crippen molar-refractivity contribution in [3.05, 3.63) is 65.6 Å². The van der Waals surface area contributed by atoms with E-state index in [2.05, 4.69) is 76.4 Å². The Morgan fingerprint density at radius 3 is 2.96 bits per heavy atom. The van der Waals surface area contributed by atoms with Gasteiger partial charge in [-0.05, 0) is 60.5 Å². The fourth-order valence-corrected chi connectivity index (χ4v) is 3.79. The maximum atomic E-state index is 5.59. The number of aryl methyl sites for hydroxylation is 1. The summed E-state index contributed by atoms with van der Waals surface area (Å²) in [5, 5.41) is 6.56. The summed E-state index contributed by atoms with van der Waals surface area (Å²) in [4.78, 5) is 7.77. The molecule has 4 aromatic rings. The number of pyridine rings is 1. The third kappa shape index (κ3) is 3.47. The molecule has 0 unspecified atom stereocenters. The number of aromatic nitrogens is 3. The van der Waals surface area contributed by atoms with Crippen LogP contribution in [0.3, 0.4) is 0 Å². The molecule has 0 atom stereocenters. The molecule has 0 radical (unpaired) electrons. The van der Waals surface area contributed by atoms with Crippen LogP contribution in [0.25, 0.3) is 21.9 Å². The van der Waals surface area contributed by atoms with Gasteiger partial charge in [0.15, 0.2) is 5.11 Å². The zero-order valence-corrected chi connectivity index (χ0v) is 16.6. The molecule has 0 amide bonds. The molecule has 3 heterocycles. The summed E-state index contributed by atoms with van der Waals surface area (Å²) in [6.07, 6.45) is 9.18. The second-order valence-electron chi connectivity index (χ2n) is 7.02.